The van der Waals surface area contributed by atoms with E-state index < -0.39 is 17.7 Å². The van der Waals surface area contributed by atoms with E-state index in [9.17, 15) is 14.4 Å². The molecule has 1 saturated heterocycles. The fourth-order valence-electron chi connectivity index (χ4n) is 2.34. The summed E-state index contributed by atoms with van der Waals surface area (Å²) in [6, 6.07) is 9.38. The number of hydrogen-bond donors (Lipinski definition) is 2. The number of aryl methyl sites for hydroxylation is 1. The number of primary amides is 1. The molecule has 3 N–H and O–H groups in total. The first kappa shape index (κ1) is 16.6. The molecule has 0 unspecified atom stereocenters. The van der Waals surface area contributed by atoms with E-state index in [1.165, 1.54) is 35.2 Å². The number of nitrogens with one attached hydrogen (secondary N) is 1. The van der Waals surface area contributed by atoms with Crippen molar-refractivity contribution in [2.45, 2.75) is 6.92 Å². The van der Waals surface area contributed by atoms with Gasteiger partial charge in [0.05, 0.1) is 5.69 Å². The van der Waals surface area contributed by atoms with E-state index in [2.05, 4.69) is 5.32 Å². The molecule has 25 heavy (non-hydrogen) atoms. The Balaban J connectivity index is 1.98. The number of rotatable bonds is 3. The lowest BCUT2D eigenvalue weighted by Gasteiger charge is -2.28. The predicted molar refractivity (Wildman–Crippen MR) is 94.6 cm³/mol. The number of amides is 3. The first-order valence-electron chi connectivity index (χ1n) is 7.24. The largest absolute Gasteiger partial charge is 0.462 e. The Kier molecular flexibility index (Phi) is 4.20. The third-order valence-electron chi connectivity index (χ3n) is 3.56. The Bertz CT molecular complexity index is 928. The lowest BCUT2D eigenvalue weighted by molar-refractivity contribution is -0.122. The molecule has 1 aromatic carbocycles. The molecule has 8 heteroatoms. The quantitative estimate of drug-likeness (QED) is 0.493. The van der Waals surface area contributed by atoms with Crippen LogP contribution in [0.15, 0.2) is 46.4 Å². The van der Waals surface area contributed by atoms with Crippen LogP contribution >= 0.6 is 12.2 Å². The fourth-order valence-corrected chi connectivity index (χ4v) is 2.62. The summed E-state index contributed by atoms with van der Waals surface area (Å²) in [6.07, 6.45) is 1.36. The minimum absolute atomic E-state index is 0.0467. The van der Waals surface area contributed by atoms with Gasteiger partial charge in [0.2, 0.25) is 5.91 Å². The Morgan fingerprint density at radius 3 is 2.44 bits per heavy atom. The number of carbonyl (C=O) groups is 3. The Morgan fingerprint density at radius 2 is 1.88 bits per heavy atom. The van der Waals surface area contributed by atoms with E-state index in [1.54, 1.807) is 19.1 Å². The van der Waals surface area contributed by atoms with Gasteiger partial charge in [-0.05, 0) is 61.6 Å². The SMILES string of the molecule is Cc1ccc(C=C2C(=O)NC(=S)N(c3ccc(C(N)=O)cc3)C2=O)o1. The number of carbonyl (C=O) groups excluding carboxylic acids is 3. The van der Waals surface area contributed by atoms with Gasteiger partial charge in [0, 0.05) is 5.56 Å². The molecule has 2 aromatic rings. The number of nitrogens with two attached hydrogens (primary N) is 1. The molecule has 1 fully saturated rings. The summed E-state index contributed by atoms with van der Waals surface area (Å²) in [5, 5.41) is 2.42. The third-order valence-corrected chi connectivity index (χ3v) is 3.84. The maximum atomic E-state index is 12.8. The fraction of sp³-hybridized carbons (Fsp3) is 0.0588. The summed E-state index contributed by atoms with van der Waals surface area (Å²) < 4.78 is 5.38. The highest BCUT2D eigenvalue weighted by atomic mass is 32.1. The Labute approximate surface area is 148 Å². The predicted octanol–water partition coefficient (Wildman–Crippen LogP) is 1.52. The molecule has 3 rings (SSSR count). The first-order valence-corrected chi connectivity index (χ1v) is 7.65. The molecule has 0 atom stereocenters. The minimum atomic E-state index is -0.603. The zero-order valence-electron chi connectivity index (χ0n) is 13.1. The van der Waals surface area contributed by atoms with Crippen LogP contribution in [0.1, 0.15) is 21.9 Å². The number of nitrogens with zero attached hydrogens (tertiary/aromatic N) is 1. The number of anilines is 1. The summed E-state index contributed by atoms with van der Waals surface area (Å²) in [4.78, 5) is 37.2. The van der Waals surface area contributed by atoms with Crippen LogP contribution in [-0.4, -0.2) is 22.8 Å². The number of hydrogen-bond acceptors (Lipinski definition) is 5. The van der Waals surface area contributed by atoms with Crippen LogP contribution in [0.5, 0.6) is 0 Å². The summed E-state index contributed by atoms with van der Waals surface area (Å²) in [5.74, 6) is -0.734. The van der Waals surface area contributed by atoms with Gasteiger partial charge in [0.1, 0.15) is 17.1 Å². The summed E-state index contributed by atoms with van der Waals surface area (Å²) in [6.45, 7) is 1.76. The van der Waals surface area contributed by atoms with Gasteiger partial charge in [-0.2, -0.15) is 0 Å². The second kappa shape index (κ2) is 6.33. The zero-order valence-corrected chi connectivity index (χ0v) is 13.9. The molecular formula is C17H13N3O4S. The monoisotopic (exact) mass is 355 g/mol. The van der Waals surface area contributed by atoms with Crippen molar-refractivity contribution in [3.8, 4) is 0 Å². The van der Waals surface area contributed by atoms with Crippen molar-refractivity contribution in [3.05, 3.63) is 59.1 Å². The van der Waals surface area contributed by atoms with Crippen LogP contribution in [0.3, 0.4) is 0 Å². The highest BCUT2D eigenvalue weighted by molar-refractivity contribution is 7.80. The van der Waals surface area contributed by atoms with E-state index >= 15 is 0 Å². The average Bonchev–Trinajstić information content (AvgIpc) is 2.97. The average molecular weight is 355 g/mol. The molecule has 1 aromatic heterocycles. The summed E-state index contributed by atoms with van der Waals surface area (Å²) >= 11 is 5.10. The molecule has 2 heterocycles. The number of benzene rings is 1. The van der Waals surface area contributed by atoms with Gasteiger partial charge < -0.3 is 10.2 Å². The van der Waals surface area contributed by atoms with E-state index in [-0.39, 0.29) is 10.7 Å². The van der Waals surface area contributed by atoms with Crippen molar-refractivity contribution < 1.29 is 18.8 Å². The number of thiocarbonyl (C=S) groups is 1. The molecule has 0 saturated carbocycles. The highest BCUT2D eigenvalue weighted by Crippen LogP contribution is 2.23. The minimum Gasteiger partial charge on any atom is -0.462 e. The van der Waals surface area contributed by atoms with E-state index in [4.69, 9.17) is 22.4 Å². The molecule has 1 aliphatic rings. The van der Waals surface area contributed by atoms with Crippen LogP contribution < -0.4 is 16.0 Å². The van der Waals surface area contributed by atoms with Crippen molar-refractivity contribution in [1.29, 1.82) is 0 Å². The van der Waals surface area contributed by atoms with Gasteiger partial charge >= 0.3 is 0 Å². The van der Waals surface area contributed by atoms with Crippen LogP contribution in [0.25, 0.3) is 6.08 Å². The van der Waals surface area contributed by atoms with Gasteiger partial charge in [0.25, 0.3) is 11.8 Å². The van der Waals surface area contributed by atoms with Gasteiger partial charge in [-0.15, -0.1) is 0 Å². The molecule has 126 valence electrons. The normalized spacial score (nSPS) is 16.3. The standard InChI is InChI=1S/C17H13N3O4S/c1-9-2-7-12(24-9)8-13-15(22)19-17(25)20(16(13)23)11-5-3-10(4-6-11)14(18)21/h2-8H,1H3,(H2,18,21)(H,19,22,25). The second-order valence-electron chi connectivity index (χ2n) is 5.32. The van der Waals surface area contributed by atoms with Crippen molar-refractivity contribution in [1.82, 2.24) is 5.32 Å². The molecule has 0 aliphatic carbocycles. The molecule has 0 bridgehead atoms. The second-order valence-corrected chi connectivity index (χ2v) is 5.70. The first-order chi connectivity index (χ1) is 11.9. The van der Waals surface area contributed by atoms with E-state index in [0.717, 1.165) is 0 Å². The molecule has 0 radical (unpaired) electrons. The lowest BCUT2D eigenvalue weighted by atomic mass is 10.1. The molecule has 7 nitrogen and oxygen atoms in total. The van der Waals surface area contributed by atoms with Gasteiger partial charge in [0.15, 0.2) is 5.11 Å². The van der Waals surface area contributed by atoms with Crippen molar-refractivity contribution in [2.24, 2.45) is 5.73 Å². The van der Waals surface area contributed by atoms with Crippen LogP contribution in [0.4, 0.5) is 5.69 Å². The van der Waals surface area contributed by atoms with E-state index in [1.807, 2.05) is 0 Å². The van der Waals surface area contributed by atoms with Crippen LogP contribution in [-0.2, 0) is 9.59 Å². The molecular weight excluding hydrogens is 342 g/mol. The molecule has 0 spiro atoms. The topological polar surface area (TPSA) is 106 Å². The lowest BCUT2D eigenvalue weighted by Crippen LogP contribution is -2.54. The molecule has 1 aliphatic heterocycles. The zero-order chi connectivity index (χ0) is 18.1. The smallest absolute Gasteiger partial charge is 0.270 e. The van der Waals surface area contributed by atoms with Gasteiger partial charge in [-0.25, -0.2) is 0 Å². The summed E-state index contributed by atoms with van der Waals surface area (Å²) in [7, 11) is 0. The Hall–Kier alpha value is -3.26. The van der Waals surface area contributed by atoms with Crippen molar-refractivity contribution >= 4 is 46.8 Å². The maximum Gasteiger partial charge on any atom is 0.270 e. The maximum absolute atomic E-state index is 12.8. The van der Waals surface area contributed by atoms with Gasteiger partial charge in [-0.3, -0.25) is 24.6 Å². The van der Waals surface area contributed by atoms with Crippen molar-refractivity contribution in [2.75, 3.05) is 4.90 Å². The van der Waals surface area contributed by atoms with Crippen LogP contribution in [0, 0.1) is 6.92 Å². The Morgan fingerprint density at radius 1 is 1.20 bits per heavy atom. The van der Waals surface area contributed by atoms with Gasteiger partial charge in [-0.1, -0.05) is 0 Å². The van der Waals surface area contributed by atoms with Crippen molar-refractivity contribution in [3.63, 3.8) is 0 Å². The van der Waals surface area contributed by atoms with E-state index in [0.29, 0.717) is 22.8 Å². The van der Waals surface area contributed by atoms with Crippen LogP contribution in [0.2, 0.25) is 0 Å². The highest BCUT2D eigenvalue weighted by Gasteiger charge is 2.34. The molecule has 3 amide bonds. The number of furan rings is 1. The summed E-state index contributed by atoms with van der Waals surface area (Å²) in [5.41, 5.74) is 5.79. The third kappa shape index (κ3) is 3.20.